The number of benzene rings is 2. The predicted molar refractivity (Wildman–Crippen MR) is 75.1 cm³/mol. The number of nitrogens with zero attached hydrogens (tertiary/aromatic N) is 1. The highest BCUT2D eigenvalue weighted by atomic mass is 19.1. The molecule has 1 nitrogen and oxygen atoms in total. The van der Waals surface area contributed by atoms with Crippen molar-refractivity contribution in [1.82, 2.24) is 4.98 Å². The molecule has 0 radical (unpaired) electrons. The lowest BCUT2D eigenvalue weighted by Gasteiger charge is -2.06. The maximum Gasteiger partial charge on any atom is 0.131 e. The summed E-state index contributed by atoms with van der Waals surface area (Å²) in [7, 11) is 0. The quantitative estimate of drug-likeness (QED) is 0.649. The van der Waals surface area contributed by atoms with Gasteiger partial charge in [0.2, 0.25) is 0 Å². The molecule has 92 valence electrons. The zero-order valence-corrected chi connectivity index (χ0v) is 10.3. The van der Waals surface area contributed by atoms with Gasteiger partial charge in [-0.3, -0.25) is 4.98 Å². The zero-order valence-electron chi connectivity index (χ0n) is 10.3. The van der Waals surface area contributed by atoms with E-state index in [1.807, 2.05) is 54.6 Å². The summed E-state index contributed by atoms with van der Waals surface area (Å²) in [4.78, 5) is 4.29. The summed E-state index contributed by atoms with van der Waals surface area (Å²) >= 11 is 0. The molecule has 0 aliphatic heterocycles. The smallest absolute Gasteiger partial charge is 0.131 e. The summed E-state index contributed by atoms with van der Waals surface area (Å²) in [5.74, 6) is -0.217. The molecule has 1 aromatic heterocycles. The van der Waals surface area contributed by atoms with Crippen LogP contribution in [0.4, 0.5) is 4.39 Å². The molecule has 0 atom stereocenters. The van der Waals surface area contributed by atoms with E-state index in [0.29, 0.717) is 5.56 Å². The molecule has 0 saturated heterocycles. The molecule has 3 aromatic rings. The Bertz CT molecular complexity index is 678. The average Bonchev–Trinajstić information content (AvgIpc) is 2.49. The average molecular weight is 249 g/mol. The van der Waals surface area contributed by atoms with E-state index in [1.54, 1.807) is 12.3 Å². The Morgan fingerprint density at radius 2 is 1.53 bits per heavy atom. The standard InChI is InChI=1S/C17H12FN/c18-16-10-9-14(17-8-4-5-11-19-17)12-15(16)13-6-2-1-3-7-13/h1-12H. The molecule has 0 bridgehead atoms. The van der Waals surface area contributed by atoms with Gasteiger partial charge in [0.1, 0.15) is 5.82 Å². The highest BCUT2D eigenvalue weighted by Gasteiger charge is 2.07. The van der Waals surface area contributed by atoms with Gasteiger partial charge in [-0.15, -0.1) is 0 Å². The van der Waals surface area contributed by atoms with E-state index in [-0.39, 0.29) is 5.82 Å². The summed E-state index contributed by atoms with van der Waals surface area (Å²) in [6.07, 6.45) is 1.74. The van der Waals surface area contributed by atoms with E-state index in [1.165, 1.54) is 6.07 Å². The molecular formula is C17H12FN. The van der Waals surface area contributed by atoms with Crippen molar-refractivity contribution in [3.63, 3.8) is 0 Å². The fourth-order valence-electron chi connectivity index (χ4n) is 2.06. The maximum atomic E-state index is 14.0. The first kappa shape index (κ1) is 11.6. The van der Waals surface area contributed by atoms with Crippen LogP contribution in [-0.4, -0.2) is 4.98 Å². The first-order chi connectivity index (χ1) is 9.34. The highest BCUT2D eigenvalue weighted by Crippen LogP contribution is 2.27. The van der Waals surface area contributed by atoms with Gasteiger partial charge in [-0.25, -0.2) is 4.39 Å². The third kappa shape index (κ3) is 2.38. The second-order valence-corrected chi connectivity index (χ2v) is 4.28. The van der Waals surface area contributed by atoms with Crippen LogP contribution in [0.1, 0.15) is 0 Å². The fraction of sp³-hybridized carbons (Fsp3) is 0. The van der Waals surface area contributed by atoms with E-state index in [2.05, 4.69) is 4.98 Å². The van der Waals surface area contributed by atoms with Crippen molar-refractivity contribution in [1.29, 1.82) is 0 Å². The van der Waals surface area contributed by atoms with Crippen molar-refractivity contribution >= 4 is 0 Å². The summed E-state index contributed by atoms with van der Waals surface area (Å²) in [6, 6.07) is 20.3. The van der Waals surface area contributed by atoms with Gasteiger partial charge in [0, 0.05) is 17.3 Å². The van der Waals surface area contributed by atoms with Crippen molar-refractivity contribution in [3.05, 3.63) is 78.7 Å². The number of hydrogen-bond acceptors (Lipinski definition) is 1. The lowest BCUT2D eigenvalue weighted by molar-refractivity contribution is 0.631. The molecular weight excluding hydrogens is 237 g/mol. The molecule has 0 amide bonds. The Kier molecular flexibility index (Phi) is 3.07. The normalized spacial score (nSPS) is 10.4. The van der Waals surface area contributed by atoms with E-state index in [9.17, 15) is 4.39 Å². The van der Waals surface area contributed by atoms with Crippen molar-refractivity contribution in [2.75, 3.05) is 0 Å². The first-order valence-electron chi connectivity index (χ1n) is 6.11. The molecule has 0 saturated carbocycles. The summed E-state index contributed by atoms with van der Waals surface area (Å²) in [5.41, 5.74) is 3.24. The van der Waals surface area contributed by atoms with Crippen LogP contribution < -0.4 is 0 Å². The molecule has 0 aliphatic rings. The van der Waals surface area contributed by atoms with Crippen molar-refractivity contribution in [3.8, 4) is 22.4 Å². The minimum Gasteiger partial charge on any atom is -0.256 e. The monoisotopic (exact) mass is 249 g/mol. The summed E-state index contributed by atoms with van der Waals surface area (Å²) in [5, 5.41) is 0. The van der Waals surface area contributed by atoms with Crippen LogP contribution in [0.3, 0.4) is 0 Å². The number of halogens is 1. The zero-order chi connectivity index (χ0) is 13.1. The Morgan fingerprint density at radius 3 is 2.26 bits per heavy atom. The Balaban J connectivity index is 2.12. The predicted octanol–water partition coefficient (Wildman–Crippen LogP) is 4.55. The van der Waals surface area contributed by atoms with Crippen LogP contribution in [0.25, 0.3) is 22.4 Å². The highest BCUT2D eigenvalue weighted by molar-refractivity contribution is 5.71. The van der Waals surface area contributed by atoms with Crippen LogP contribution in [0, 0.1) is 5.82 Å². The molecule has 0 unspecified atom stereocenters. The molecule has 0 spiro atoms. The van der Waals surface area contributed by atoms with Crippen molar-refractivity contribution in [2.24, 2.45) is 0 Å². The second-order valence-electron chi connectivity index (χ2n) is 4.28. The van der Waals surface area contributed by atoms with Gasteiger partial charge in [-0.2, -0.15) is 0 Å². The molecule has 19 heavy (non-hydrogen) atoms. The minimum absolute atomic E-state index is 0.217. The van der Waals surface area contributed by atoms with Gasteiger partial charge >= 0.3 is 0 Å². The van der Waals surface area contributed by atoms with Gasteiger partial charge in [0.05, 0.1) is 5.69 Å². The van der Waals surface area contributed by atoms with E-state index in [0.717, 1.165) is 16.8 Å². The van der Waals surface area contributed by atoms with E-state index in [4.69, 9.17) is 0 Å². The maximum absolute atomic E-state index is 14.0. The van der Waals surface area contributed by atoms with E-state index < -0.39 is 0 Å². The van der Waals surface area contributed by atoms with Crippen LogP contribution in [0.2, 0.25) is 0 Å². The summed E-state index contributed by atoms with van der Waals surface area (Å²) in [6.45, 7) is 0. The Labute approximate surface area is 111 Å². The minimum atomic E-state index is -0.217. The van der Waals surface area contributed by atoms with E-state index >= 15 is 0 Å². The third-order valence-corrected chi connectivity index (χ3v) is 3.01. The lowest BCUT2D eigenvalue weighted by Crippen LogP contribution is -1.87. The number of pyridine rings is 1. The fourth-order valence-corrected chi connectivity index (χ4v) is 2.06. The van der Waals surface area contributed by atoms with Gasteiger partial charge < -0.3 is 0 Å². The second kappa shape index (κ2) is 5.02. The number of aromatic nitrogens is 1. The lowest BCUT2D eigenvalue weighted by atomic mass is 10.0. The molecule has 0 aliphatic carbocycles. The molecule has 0 fully saturated rings. The largest absolute Gasteiger partial charge is 0.256 e. The van der Waals surface area contributed by atoms with Gasteiger partial charge in [0.25, 0.3) is 0 Å². The van der Waals surface area contributed by atoms with Gasteiger partial charge in [-0.05, 0) is 35.9 Å². The molecule has 2 aromatic carbocycles. The third-order valence-electron chi connectivity index (χ3n) is 3.01. The number of hydrogen-bond donors (Lipinski definition) is 0. The van der Waals surface area contributed by atoms with Crippen LogP contribution in [0.15, 0.2) is 72.9 Å². The topological polar surface area (TPSA) is 12.9 Å². The van der Waals surface area contributed by atoms with Crippen LogP contribution in [-0.2, 0) is 0 Å². The first-order valence-corrected chi connectivity index (χ1v) is 6.11. The molecule has 3 rings (SSSR count). The van der Waals surface area contributed by atoms with Gasteiger partial charge in [0.15, 0.2) is 0 Å². The Morgan fingerprint density at radius 1 is 0.737 bits per heavy atom. The SMILES string of the molecule is Fc1ccc(-c2ccccn2)cc1-c1ccccc1. The molecule has 0 N–H and O–H groups in total. The number of rotatable bonds is 2. The molecule has 2 heteroatoms. The van der Waals surface area contributed by atoms with Crippen LogP contribution >= 0.6 is 0 Å². The van der Waals surface area contributed by atoms with Crippen molar-refractivity contribution in [2.45, 2.75) is 0 Å². The summed E-state index contributed by atoms with van der Waals surface area (Å²) < 4.78 is 14.0. The van der Waals surface area contributed by atoms with Crippen molar-refractivity contribution < 1.29 is 4.39 Å². The van der Waals surface area contributed by atoms with Gasteiger partial charge in [-0.1, -0.05) is 36.4 Å². The van der Waals surface area contributed by atoms with Crippen LogP contribution in [0.5, 0.6) is 0 Å². The Hall–Kier alpha value is -2.48. The molecule has 1 heterocycles.